The van der Waals surface area contributed by atoms with Crippen molar-refractivity contribution in [1.82, 2.24) is 10.1 Å². The van der Waals surface area contributed by atoms with Crippen molar-refractivity contribution in [3.8, 4) is 0 Å². The van der Waals surface area contributed by atoms with Gasteiger partial charge in [0, 0.05) is 19.9 Å². The van der Waals surface area contributed by atoms with Gasteiger partial charge in [0.05, 0.1) is 6.07 Å². The summed E-state index contributed by atoms with van der Waals surface area (Å²) >= 11 is 0. The minimum atomic E-state index is 0.635. The van der Waals surface area contributed by atoms with Crippen LogP contribution in [0.3, 0.4) is 0 Å². The van der Waals surface area contributed by atoms with E-state index in [1.54, 1.807) is 0 Å². The van der Waals surface area contributed by atoms with Gasteiger partial charge in [-0.05, 0) is 4.98 Å². The molecule has 62 valence electrons. The Hall–Kier alpha value is -1.58. The van der Waals surface area contributed by atoms with Crippen molar-refractivity contribution >= 4 is 11.5 Å². The number of nitrogens with two attached hydrogens (primary N) is 1. The number of nitrogen functional groups attached to an aromatic ring is 1. The number of nitrogens with zero attached hydrogens (tertiary/aromatic N) is 2. The molecule has 4 nitrogen and oxygen atoms in total. The molecule has 0 aliphatic rings. The van der Waals surface area contributed by atoms with Crippen LogP contribution >= 0.6 is 0 Å². The van der Waals surface area contributed by atoms with E-state index in [2.05, 4.69) is 10.1 Å². The number of nitrogens with one attached hydrogen (secondary N) is 1. The lowest BCUT2D eigenvalue weighted by molar-refractivity contribution is -0.584. The van der Waals surface area contributed by atoms with E-state index < -0.39 is 0 Å². The predicted octanol–water partition coefficient (Wildman–Crippen LogP) is 0.347. The molecule has 0 aliphatic heterocycles. The molecular formula is C8H11N4+. The molecule has 2 aromatic rings. The van der Waals surface area contributed by atoms with E-state index in [1.165, 1.54) is 0 Å². The molecule has 0 aliphatic carbocycles. The van der Waals surface area contributed by atoms with Crippen LogP contribution in [0.2, 0.25) is 0 Å². The fourth-order valence-corrected chi connectivity index (χ4v) is 1.35. The molecule has 0 bridgehead atoms. The maximum absolute atomic E-state index is 5.59. The first-order chi connectivity index (χ1) is 5.66. The van der Waals surface area contributed by atoms with E-state index in [0.717, 1.165) is 17.0 Å². The van der Waals surface area contributed by atoms with Gasteiger partial charge in [-0.1, -0.05) is 0 Å². The number of anilines is 1. The number of hydrogen-bond donors (Lipinski definition) is 2. The van der Waals surface area contributed by atoms with Gasteiger partial charge in [0.25, 0.3) is 0 Å². The number of aromatic nitrogens is 3. The molecule has 2 rings (SSSR count). The first-order valence-electron chi connectivity index (χ1n) is 3.81. The van der Waals surface area contributed by atoms with Gasteiger partial charge in [-0.3, -0.25) is 0 Å². The molecule has 3 N–H and O–H groups in total. The van der Waals surface area contributed by atoms with Crippen LogP contribution in [0.4, 0.5) is 5.82 Å². The van der Waals surface area contributed by atoms with Crippen LogP contribution in [-0.4, -0.2) is 10.1 Å². The van der Waals surface area contributed by atoms with Gasteiger partial charge in [-0.2, -0.15) is 0 Å². The molecule has 0 saturated carbocycles. The van der Waals surface area contributed by atoms with Crippen LogP contribution in [0.5, 0.6) is 0 Å². The minimum absolute atomic E-state index is 0.635. The zero-order valence-corrected chi connectivity index (χ0v) is 7.13. The summed E-state index contributed by atoms with van der Waals surface area (Å²) in [4.78, 5) is 4.31. The van der Waals surface area contributed by atoms with Gasteiger partial charge >= 0.3 is 5.65 Å². The fourth-order valence-electron chi connectivity index (χ4n) is 1.35. The third-order valence-corrected chi connectivity index (χ3v) is 1.82. The van der Waals surface area contributed by atoms with Crippen LogP contribution in [-0.2, 0) is 0 Å². The number of rotatable bonds is 0. The van der Waals surface area contributed by atoms with Crippen LogP contribution in [0, 0.1) is 13.8 Å². The summed E-state index contributed by atoms with van der Waals surface area (Å²) in [5.41, 5.74) is 8.57. The van der Waals surface area contributed by atoms with Crippen molar-refractivity contribution in [2.75, 3.05) is 5.73 Å². The monoisotopic (exact) mass is 163 g/mol. The average Bonchev–Trinajstić information content (AvgIpc) is 2.29. The van der Waals surface area contributed by atoms with Gasteiger partial charge in [0.15, 0.2) is 5.69 Å². The van der Waals surface area contributed by atoms with Gasteiger partial charge in [-0.15, -0.1) is 4.52 Å². The summed E-state index contributed by atoms with van der Waals surface area (Å²) in [6, 6.07) is 3.82. The van der Waals surface area contributed by atoms with Gasteiger partial charge in [0.1, 0.15) is 11.5 Å². The number of aryl methyl sites for hydroxylation is 2. The maximum Gasteiger partial charge on any atom is 0.350 e. The highest BCUT2D eigenvalue weighted by atomic mass is 15.3. The van der Waals surface area contributed by atoms with Crippen molar-refractivity contribution in [3.63, 3.8) is 0 Å². The Kier molecular flexibility index (Phi) is 1.30. The molecule has 12 heavy (non-hydrogen) atoms. The lowest BCUT2D eigenvalue weighted by Gasteiger charge is -1.89. The molecule has 0 unspecified atom stereocenters. The highest BCUT2D eigenvalue weighted by Crippen LogP contribution is 2.02. The van der Waals surface area contributed by atoms with E-state index in [4.69, 9.17) is 5.73 Å². The quantitative estimate of drug-likeness (QED) is 0.550. The number of hydrogen-bond acceptors (Lipinski definition) is 2. The van der Waals surface area contributed by atoms with Crippen LogP contribution in [0.25, 0.3) is 5.65 Å². The Balaban J connectivity index is 2.88. The summed E-state index contributed by atoms with van der Waals surface area (Å²) in [5.74, 6) is 0.635. The molecular weight excluding hydrogens is 152 g/mol. The van der Waals surface area contributed by atoms with Crippen LogP contribution < -0.4 is 10.2 Å². The summed E-state index contributed by atoms with van der Waals surface area (Å²) in [7, 11) is 0. The maximum atomic E-state index is 5.59. The first-order valence-corrected chi connectivity index (χ1v) is 3.81. The third kappa shape index (κ3) is 0.922. The molecule has 0 aromatic carbocycles. The fraction of sp³-hybridized carbons (Fsp3) is 0.250. The Labute approximate surface area is 70.0 Å². The second-order valence-corrected chi connectivity index (χ2v) is 2.94. The van der Waals surface area contributed by atoms with Crippen molar-refractivity contribution in [2.45, 2.75) is 13.8 Å². The van der Waals surface area contributed by atoms with E-state index in [9.17, 15) is 0 Å². The third-order valence-electron chi connectivity index (χ3n) is 1.82. The SMILES string of the molecule is Cc1cc(C)[n+]2[nH]c(N)cc2n1. The predicted molar refractivity (Wildman–Crippen MR) is 45.6 cm³/mol. The molecule has 0 atom stereocenters. The summed E-state index contributed by atoms with van der Waals surface area (Å²) in [6.07, 6.45) is 0. The van der Waals surface area contributed by atoms with Crippen molar-refractivity contribution < 1.29 is 4.52 Å². The van der Waals surface area contributed by atoms with E-state index in [0.29, 0.717) is 5.82 Å². The van der Waals surface area contributed by atoms with Crippen LogP contribution in [0.15, 0.2) is 12.1 Å². The molecule has 2 aromatic heterocycles. The zero-order chi connectivity index (χ0) is 8.72. The van der Waals surface area contributed by atoms with Gasteiger partial charge in [-0.25, -0.2) is 5.10 Å². The smallest absolute Gasteiger partial charge is 0.350 e. The molecule has 0 radical (unpaired) electrons. The first kappa shape index (κ1) is 7.09. The van der Waals surface area contributed by atoms with Crippen LogP contribution in [0.1, 0.15) is 11.4 Å². The Morgan fingerprint density at radius 2 is 2.17 bits per heavy atom. The summed E-state index contributed by atoms with van der Waals surface area (Å²) in [5, 5.41) is 2.99. The molecule has 0 saturated heterocycles. The van der Waals surface area contributed by atoms with Gasteiger partial charge < -0.3 is 5.73 Å². The standard InChI is InChI=1S/C8H10N4/c1-5-3-6(2)12-8(10-5)4-7(9)11-12/h3-4H,1-2H3,(H2,9,11)/p+1. The lowest BCUT2D eigenvalue weighted by Crippen LogP contribution is -2.28. The largest absolute Gasteiger partial charge is 0.382 e. The molecule has 2 heterocycles. The van der Waals surface area contributed by atoms with Crippen molar-refractivity contribution in [1.29, 1.82) is 0 Å². The van der Waals surface area contributed by atoms with E-state index in [1.807, 2.05) is 30.5 Å². The average molecular weight is 163 g/mol. The molecule has 0 spiro atoms. The highest BCUT2D eigenvalue weighted by Gasteiger charge is 2.10. The van der Waals surface area contributed by atoms with Crippen molar-refractivity contribution in [2.24, 2.45) is 0 Å². The highest BCUT2D eigenvalue weighted by molar-refractivity contribution is 5.41. The van der Waals surface area contributed by atoms with Gasteiger partial charge in [0.2, 0.25) is 0 Å². The normalized spacial score (nSPS) is 10.8. The number of aromatic amines is 1. The van der Waals surface area contributed by atoms with E-state index in [-0.39, 0.29) is 0 Å². The van der Waals surface area contributed by atoms with E-state index >= 15 is 0 Å². The minimum Gasteiger partial charge on any atom is -0.382 e. The Bertz CT molecular complexity index is 430. The summed E-state index contributed by atoms with van der Waals surface area (Å²) in [6.45, 7) is 3.98. The van der Waals surface area contributed by atoms with Crippen molar-refractivity contribution in [3.05, 3.63) is 23.5 Å². The summed E-state index contributed by atoms with van der Waals surface area (Å²) < 4.78 is 1.86. The molecule has 4 heteroatoms. The second kappa shape index (κ2) is 2.20. The zero-order valence-electron chi connectivity index (χ0n) is 7.13. The molecule has 0 amide bonds. The Morgan fingerprint density at radius 1 is 1.42 bits per heavy atom. The Morgan fingerprint density at radius 3 is 2.92 bits per heavy atom. The number of H-pyrrole nitrogens is 1. The molecule has 0 fully saturated rings. The lowest BCUT2D eigenvalue weighted by atomic mass is 10.3. The topological polar surface area (TPSA) is 58.8 Å². The number of fused-ring (bicyclic) bond motifs is 1. The second-order valence-electron chi connectivity index (χ2n) is 2.94.